The highest BCUT2D eigenvalue weighted by atomic mass is 16.5. The van der Waals surface area contributed by atoms with Crippen LogP contribution >= 0.6 is 0 Å². The first-order valence-corrected chi connectivity index (χ1v) is 16.1. The van der Waals surface area contributed by atoms with Gasteiger partial charge < -0.3 is 9.84 Å². The average molecular weight is 523 g/mol. The molecule has 1 unspecified atom stereocenters. The predicted molar refractivity (Wildman–Crippen MR) is 158 cm³/mol. The lowest BCUT2D eigenvalue weighted by molar-refractivity contribution is -0.151. The second-order valence-corrected chi connectivity index (χ2v) is 11.0. The number of carboxylic acid groups (broad SMARTS) is 1. The molecule has 0 saturated heterocycles. The summed E-state index contributed by atoms with van der Waals surface area (Å²) in [5.41, 5.74) is 0. The monoisotopic (exact) mass is 522 g/mol. The fraction of sp³-hybridized carbons (Fsp3) is 0.879. The van der Waals surface area contributed by atoms with Crippen molar-refractivity contribution in [3.63, 3.8) is 0 Å². The molecule has 37 heavy (non-hydrogen) atoms. The molecule has 0 aromatic heterocycles. The van der Waals surface area contributed by atoms with Gasteiger partial charge >= 0.3 is 11.9 Å². The van der Waals surface area contributed by atoms with Crippen molar-refractivity contribution < 1.29 is 19.4 Å². The highest BCUT2D eigenvalue weighted by molar-refractivity contribution is 5.78. The average Bonchev–Trinajstić information content (AvgIpc) is 2.89. The first-order chi connectivity index (χ1) is 18.1. The highest BCUT2D eigenvalue weighted by Gasteiger charge is 2.21. The normalized spacial score (nSPS) is 12.3. The number of ether oxygens (including phenoxy) is 1. The van der Waals surface area contributed by atoms with E-state index in [1.54, 1.807) is 0 Å². The summed E-state index contributed by atoms with van der Waals surface area (Å²) < 4.78 is 5.02. The van der Waals surface area contributed by atoms with Gasteiger partial charge in [-0.2, -0.15) is 0 Å². The van der Waals surface area contributed by atoms with Crippen LogP contribution in [0.25, 0.3) is 0 Å². The molecule has 1 N–H and O–H groups in total. The summed E-state index contributed by atoms with van der Waals surface area (Å²) in [5.74, 6) is -1.85. The van der Waals surface area contributed by atoms with E-state index >= 15 is 0 Å². The lowest BCUT2D eigenvalue weighted by Gasteiger charge is -2.11. The Morgan fingerprint density at radius 2 is 1.00 bits per heavy atom. The van der Waals surface area contributed by atoms with Crippen molar-refractivity contribution in [2.75, 3.05) is 6.61 Å². The van der Waals surface area contributed by atoms with Crippen molar-refractivity contribution in [2.45, 2.75) is 174 Å². The van der Waals surface area contributed by atoms with E-state index in [1.807, 2.05) is 6.92 Å². The van der Waals surface area contributed by atoms with Gasteiger partial charge in [-0.05, 0) is 38.5 Å². The van der Waals surface area contributed by atoms with Crippen LogP contribution in [0, 0.1) is 5.92 Å². The number of carbonyl (C=O) groups excluding carboxylic acids is 1. The Morgan fingerprint density at radius 3 is 1.41 bits per heavy atom. The van der Waals surface area contributed by atoms with Crippen molar-refractivity contribution in [1.29, 1.82) is 0 Å². The van der Waals surface area contributed by atoms with Crippen LogP contribution in [0.15, 0.2) is 12.2 Å². The van der Waals surface area contributed by atoms with Crippen molar-refractivity contribution in [3.8, 4) is 0 Å². The number of unbranched alkanes of at least 4 members (excludes halogenated alkanes) is 20. The summed E-state index contributed by atoms with van der Waals surface area (Å²) in [6, 6.07) is 0. The molecule has 0 bridgehead atoms. The smallest absolute Gasteiger partial charge is 0.307 e. The zero-order valence-electron chi connectivity index (χ0n) is 24.8. The van der Waals surface area contributed by atoms with Crippen LogP contribution in [0.2, 0.25) is 0 Å². The van der Waals surface area contributed by atoms with Gasteiger partial charge in [0.15, 0.2) is 0 Å². The molecule has 0 fully saturated rings. The Labute approximate surface area is 230 Å². The summed E-state index contributed by atoms with van der Waals surface area (Å²) in [5, 5.41) is 9.32. The molecule has 0 aromatic rings. The number of rotatable bonds is 29. The van der Waals surface area contributed by atoms with Gasteiger partial charge in [0.25, 0.3) is 0 Å². The van der Waals surface area contributed by atoms with Crippen LogP contribution < -0.4 is 0 Å². The van der Waals surface area contributed by atoms with E-state index in [4.69, 9.17) is 4.74 Å². The second kappa shape index (κ2) is 29.2. The third-order valence-corrected chi connectivity index (χ3v) is 7.29. The standard InChI is InChI=1S/C33H62O4/c1-3-5-6-7-8-9-10-11-12-13-14-15-16-17-18-19-20-21-22-23-24-25-26-27-28-31(33(35)36)30-32(34)37-29-4-2/h14-15,31H,3-13,16-30H2,1-2H3,(H,35,36)/b15-14+. The van der Waals surface area contributed by atoms with Crippen LogP contribution in [0.4, 0.5) is 0 Å². The summed E-state index contributed by atoms with van der Waals surface area (Å²) in [4.78, 5) is 23.0. The fourth-order valence-electron chi connectivity index (χ4n) is 4.84. The molecule has 0 aliphatic rings. The first-order valence-electron chi connectivity index (χ1n) is 16.1. The molecule has 0 aromatic carbocycles. The molecule has 0 spiro atoms. The number of carboxylic acids is 1. The lowest BCUT2D eigenvalue weighted by Crippen LogP contribution is -2.19. The molecule has 0 rings (SSSR count). The second-order valence-electron chi connectivity index (χ2n) is 11.0. The van der Waals surface area contributed by atoms with E-state index < -0.39 is 11.9 Å². The molecule has 1 atom stereocenters. The minimum Gasteiger partial charge on any atom is -0.481 e. The Hall–Kier alpha value is -1.32. The molecule has 0 saturated carbocycles. The van der Waals surface area contributed by atoms with Gasteiger partial charge in [0.1, 0.15) is 0 Å². The number of carbonyl (C=O) groups is 2. The number of allylic oxidation sites excluding steroid dienone is 2. The summed E-state index contributed by atoms with van der Waals surface area (Å²) in [6.45, 7) is 4.59. The van der Waals surface area contributed by atoms with E-state index in [1.165, 1.54) is 122 Å². The maximum atomic E-state index is 11.7. The molecule has 4 nitrogen and oxygen atoms in total. The molecular formula is C33H62O4. The Kier molecular flexibility index (Phi) is 28.2. The Bertz CT molecular complexity index is 528. The largest absolute Gasteiger partial charge is 0.481 e. The fourth-order valence-corrected chi connectivity index (χ4v) is 4.84. The van der Waals surface area contributed by atoms with Crippen LogP contribution in [0.1, 0.15) is 174 Å². The van der Waals surface area contributed by atoms with Crippen LogP contribution in [0.3, 0.4) is 0 Å². The number of hydrogen-bond donors (Lipinski definition) is 1. The summed E-state index contributed by atoms with van der Waals surface area (Å²) in [6.07, 6.45) is 35.1. The third-order valence-electron chi connectivity index (χ3n) is 7.29. The molecule has 0 heterocycles. The number of hydrogen-bond acceptors (Lipinski definition) is 3. The van der Waals surface area contributed by atoms with Gasteiger partial charge in [-0.15, -0.1) is 0 Å². The molecule has 0 amide bonds. The molecule has 0 aliphatic heterocycles. The SMILES string of the molecule is CCCCCCCCCCC/C=C/CCCCCCCCCCCCCC(CC(=O)OCCC)C(=O)O. The summed E-state index contributed by atoms with van der Waals surface area (Å²) in [7, 11) is 0. The van der Waals surface area contributed by atoms with Crippen LogP contribution in [-0.2, 0) is 14.3 Å². The number of aliphatic carboxylic acids is 1. The van der Waals surface area contributed by atoms with Gasteiger partial charge in [0.2, 0.25) is 0 Å². The van der Waals surface area contributed by atoms with Crippen molar-refractivity contribution in [3.05, 3.63) is 12.2 Å². The van der Waals surface area contributed by atoms with Crippen molar-refractivity contribution in [2.24, 2.45) is 5.92 Å². The van der Waals surface area contributed by atoms with Gasteiger partial charge in [-0.25, -0.2) is 0 Å². The topological polar surface area (TPSA) is 63.6 Å². The molecule has 4 heteroatoms. The maximum absolute atomic E-state index is 11.7. The Morgan fingerprint density at radius 1 is 0.595 bits per heavy atom. The molecular weight excluding hydrogens is 460 g/mol. The molecule has 0 aliphatic carbocycles. The maximum Gasteiger partial charge on any atom is 0.307 e. The zero-order chi connectivity index (χ0) is 27.2. The van der Waals surface area contributed by atoms with Crippen LogP contribution in [-0.4, -0.2) is 23.7 Å². The molecule has 0 radical (unpaired) electrons. The highest BCUT2D eigenvalue weighted by Crippen LogP contribution is 2.18. The molecule has 218 valence electrons. The third kappa shape index (κ3) is 27.5. The predicted octanol–water partition coefficient (Wildman–Crippen LogP) is 10.6. The van der Waals surface area contributed by atoms with Gasteiger partial charge in [0, 0.05) is 0 Å². The van der Waals surface area contributed by atoms with Gasteiger partial charge in [-0.1, -0.05) is 142 Å². The van der Waals surface area contributed by atoms with E-state index in [2.05, 4.69) is 19.1 Å². The Balaban J connectivity index is 3.35. The van der Waals surface area contributed by atoms with E-state index in [0.717, 1.165) is 25.7 Å². The minimum absolute atomic E-state index is 0.00494. The van der Waals surface area contributed by atoms with E-state index in [-0.39, 0.29) is 12.4 Å². The van der Waals surface area contributed by atoms with E-state index in [9.17, 15) is 14.7 Å². The van der Waals surface area contributed by atoms with Crippen molar-refractivity contribution in [1.82, 2.24) is 0 Å². The quantitative estimate of drug-likeness (QED) is 0.0602. The van der Waals surface area contributed by atoms with Gasteiger partial charge in [0.05, 0.1) is 18.9 Å². The zero-order valence-corrected chi connectivity index (χ0v) is 24.8. The lowest BCUT2D eigenvalue weighted by atomic mass is 9.97. The van der Waals surface area contributed by atoms with Gasteiger partial charge in [-0.3, -0.25) is 9.59 Å². The number of esters is 1. The van der Waals surface area contributed by atoms with E-state index in [0.29, 0.717) is 13.0 Å². The van der Waals surface area contributed by atoms with Crippen LogP contribution in [0.5, 0.6) is 0 Å². The minimum atomic E-state index is -0.876. The first kappa shape index (κ1) is 35.7. The summed E-state index contributed by atoms with van der Waals surface area (Å²) >= 11 is 0. The van der Waals surface area contributed by atoms with Crippen molar-refractivity contribution >= 4 is 11.9 Å².